The number of carbonyl (C=O) groups excluding carboxylic acids is 3. The highest BCUT2D eigenvalue weighted by molar-refractivity contribution is 6.33. The summed E-state index contributed by atoms with van der Waals surface area (Å²) in [7, 11) is 0. The zero-order valence-electron chi connectivity index (χ0n) is 15.3. The lowest BCUT2D eigenvalue weighted by Gasteiger charge is -2.58. The van der Waals surface area contributed by atoms with E-state index in [0.717, 1.165) is 0 Å². The third-order valence-corrected chi connectivity index (χ3v) is 8.10. The first-order chi connectivity index (χ1) is 12.6. The lowest BCUT2D eigenvalue weighted by atomic mass is 9.48. The average molecular weight is 391 g/mol. The highest BCUT2D eigenvalue weighted by atomic mass is 35.5. The van der Waals surface area contributed by atoms with E-state index in [2.05, 4.69) is 0 Å². The van der Waals surface area contributed by atoms with Gasteiger partial charge in [-0.3, -0.25) is 14.4 Å². The second-order valence-electron chi connectivity index (χ2n) is 8.87. The molecule has 2 saturated carbocycles. The minimum atomic E-state index is -1.76. The Morgan fingerprint density at radius 1 is 1.37 bits per heavy atom. The molecule has 1 unspecified atom stereocenters. The summed E-state index contributed by atoms with van der Waals surface area (Å²) in [6.07, 6.45) is 7.08. The standard InChI is InChI=1S/C21H23ClO5/c1-19-5-3-11(24)7-14(19)15(22)8-12-13-4-6-21(27,17(26)10-23)20(13,2)9-16(25)18(12)19/h3,5,7-8,10,12-13,16,18,25,27H,4,6,9H2,1-2H3/t12-,13+,16-,18-,19-,20-,21?/m0/s1. The van der Waals surface area contributed by atoms with Crippen LogP contribution in [0.4, 0.5) is 0 Å². The summed E-state index contributed by atoms with van der Waals surface area (Å²) in [5.74, 6) is -1.44. The number of carbonyl (C=O) groups is 3. The van der Waals surface area contributed by atoms with E-state index < -0.39 is 28.3 Å². The quantitative estimate of drug-likeness (QED) is 0.556. The van der Waals surface area contributed by atoms with Gasteiger partial charge in [-0.1, -0.05) is 37.6 Å². The molecule has 7 atom stereocenters. The van der Waals surface area contributed by atoms with E-state index in [4.69, 9.17) is 11.6 Å². The highest BCUT2D eigenvalue weighted by Crippen LogP contribution is 2.66. The van der Waals surface area contributed by atoms with Gasteiger partial charge in [-0.15, -0.1) is 0 Å². The van der Waals surface area contributed by atoms with Crippen molar-refractivity contribution in [3.8, 4) is 0 Å². The number of allylic oxidation sites excluding steroid dienone is 6. The molecule has 0 aromatic rings. The predicted molar refractivity (Wildman–Crippen MR) is 98.7 cm³/mol. The lowest BCUT2D eigenvalue weighted by molar-refractivity contribution is -0.170. The molecule has 27 heavy (non-hydrogen) atoms. The first-order valence-corrected chi connectivity index (χ1v) is 9.69. The van der Waals surface area contributed by atoms with Crippen molar-refractivity contribution in [1.82, 2.24) is 0 Å². The van der Waals surface area contributed by atoms with Gasteiger partial charge < -0.3 is 10.2 Å². The number of rotatable bonds is 2. The Hall–Kier alpha value is -1.56. The molecule has 2 fully saturated rings. The van der Waals surface area contributed by atoms with Crippen molar-refractivity contribution in [2.75, 3.05) is 0 Å². The van der Waals surface area contributed by atoms with Crippen molar-refractivity contribution in [3.05, 3.63) is 34.9 Å². The number of halogens is 1. The molecule has 144 valence electrons. The molecule has 0 saturated heterocycles. The second-order valence-corrected chi connectivity index (χ2v) is 9.28. The van der Waals surface area contributed by atoms with Gasteiger partial charge in [0, 0.05) is 21.8 Å². The molecule has 2 N–H and O–H groups in total. The fourth-order valence-corrected chi connectivity index (χ4v) is 6.77. The number of fused-ring (bicyclic) bond motifs is 5. The Morgan fingerprint density at radius 2 is 2.07 bits per heavy atom. The summed E-state index contributed by atoms with van der Waals surface area (Å²) in [5, 5.41) is 22.7. The van der Waals surface area contributed by atoms with E-state index in [1.54, 1.807) is 6.92 Å². The molecule has 5 nitrogen and oxygen atoms in total. The molecular weight excluding hydrogens is 368 g/mol. The van der Waals surface area contributed by atoms with Gasteiger partial charge in [0.25, 0.3) is 0 Å². The fourth-order valence-electron chi connectivity index (χ4n) is 6.37. The van der Waals surface area contributed by atoms with E-state index in [0.29, 0.717) is 17.0 Å². The van der Waals surface area contributed by atoms with Gasteiger partial charge in [0.15, 0.2) is 12.1 Å². The number of ketones is 2. The summed E-state index contributed by atoms with van der Waals surface area (Å²) in [4.78, 5) is 35.3. The lowest BCUT2D eigenvalue weighted by Crippen LogP contribution is -2.61. The molecule has 6 heteroatoms. The van der Waals surface area contributed by atoms with Gasteiger partial charge in [0.1, 0.15) is 5.60 Å². The van der Waals surface area contributed by atoms with Crippen LogP contribution in [0.5, 0.6) is 0 Å². The van der Waals surface area contributed by atoms with Crippen LogP contribution in [-0.4, -0.2) is 39.8 Å². The number of aliphatic hydroxyl groups excluding tert-OH is 1. The molecule has 0 bridgehead atoms. The number of aldehydes is 1. The van der Waals surface area contributed by atoms with Crippen molar-refractivity contribution in [1.29, 1.82) is 0 Å². The van der Waals surface area contributed by atoms with E-state index >= 15 is 0 Å². The van der Waals surface area contributed by atoms with Crippen molar-refractivity contribution >= 4 is 29.5 Å². The largest absolute Gasteiger partial charge is 0.393 e. The number of hydrogen-bond acceptors (Lipinski definition) is 5. The molecule has 0 spiro atoms. The van der Waals surface area contributed by atoms with Crippen LogP contribution in [0, 0.1) is 28.6 Å². The summed E-state index contributed by atoms with van der Waals surface area (Å²) in [6, 6.07) is 0. The maximum Gasteiger partial charge on any atom is 0.227 e. The van der Waals surface area contributed by atoms with Gasteiger partial charge >= 0.3 is 0 Å². The molecule has 0 aromatic heterocycles. The first-order valence-electron chi connectivity index (χ1n) is 9.31. The summed E-state index contributed by atoms with van der Waals surface area (Å²) >= 11 is 6.55. The smallest absolute Gasteiger partial charge is 0.227 e. The Bertz CT molecular complexity index is 842. The van der Waals surface area contributed by atoms with Crippen LogP contribution < -0.4 is 0 Å². The molecule has 0 aliphatic heterocycles. The molecule has 4 rings (SSSR count). The van der Waals surface area contributed by atoms with E-state index in [-0.39, 0.29) is 42.7 Å². The minimum absolute atomic E-state index is 0.0991. The van der Waals surface area contributed by atoms with Crippen LogP contribution in [0.2, 0.25) is 0 Å². The molecule has 0 heterocycles. The predicted octanol–water partition coefficient (Wildman–Crippen LogP) is 2.11. The van der Waals surface area contributed by atoms with Crippen LogP contribution >= 0.6 is 11.6 Å². The maximum atomic E-state index is 12.3. The maximum absolute atomic E-state index is 12.3. The average Bonchev–Trinajstić information content (AvgIpc) is 2.87. The van der Waals surface area contributed by atoms with Gasteiger partial charge in [-0.25, -0.2) is 0 Å². The van der Waals surface area contributed by atoms with Crippen LogP contribution in [0.25, 0.3) is 0 Å². The highest BCUT2D eigenvalue weighted by Gasteiger charge is 2.68. The van der Waals surface area contributed by atoms with Crippen molar-refractivity contribution in [2.45, 2.75) is 44.8 Å². The van der Waals surface area contributed by atoms with Gasteiger partial charge in [-0.2, -0.15) is 0 Å². The van der Waals surface area contributed by atoms with Crippen LogP contribution in [0.15, 0.2) is 34.9 Å². The normalized spacial score (nSPS) is 48.1. The van der Waals surface area contributed by atoms with Crippen LogP contribution in [-0.2, 0) is 14.4 Å². The first kappa shape index (κ1) is 18.8. The zero-order chi connectivity index (χ0) is 19.8. The number of aliphatic hydroxyl groups is 2. The van der Waals surface area contributed by atoms with E-state index in [1.807, 2.05) is 19.1 Å². The third-order valence-electron chi connectivity index (χ3n) is 7.77. The summed E-state index contributed by atoms with van der Waals surface area (Å²) < 4.78 is 0. The molecular formula is C21H23ClO5. The van der Waals surface area contributed by atoms with Crippen LogP contribution in [0.3, 0.4) is 0 Å². The Kier molecular flexibility index (Phi) is 3.98. The Labute approximate surface area is 162 Å². The van der Waals surface area contributed by atoms with Crippen molar-refractivity contribution in [2.24, 2.45) is 28.6 Å². The summed E-state index contributed by atoms with van der Waals surface area (Å²) in [5.41, 5.74) is -2.56. The van der Waals surface area contributed by atoms with Gasteiger partial charge in [0.2, 0.25) is 5.78 Å². The zero-order valence-corrected chi connectivity index (χ0v) is 16.1. The number of Topliss-reactive ketones (excluding diaryl/α,β-unsaturated/α-hetero) is 1. The number of hydrogen-bond donors (Lipinski definition) is 2. The molecule has 4 aliphatic carbocycles. The van der Waals surface area contributed by atoms with Gasteiger partial charge in [0.05, 0.1) is 6.10 Å². The molecule has 4 aliphatic rings. The Morgan fingerprint density at radius 3 is 2.74 bits per heavy atom. The molecule has 0 amide bonds. The van der Waals surface area contributed by atoms with Crippen molar-refractivity contribution < 1.29 is 24.6 Å². The minimum Gasteiger partial charge on any atom is -0.393 e. The fraction of sp³-hybridized carbons (Fsp3) is 0.571. The van der Waals surface area contributed by atoms with E-state index in [1.165, 1.54) is 12.2 Å². The monoisotopic (exact) mass is 390 g/mol. The van der Waals surface area contributed by atoms with E-state index in [9.17, 15) is 24.6 Å². The Balaban J connectivity index is 1.85. The molecule has 0 radical (unpaired) electrons. The SMILES string of the molecule is C[C@]12C=CC(=O)C=C1C(Cl)=C[C@@H]1[C@H]2[C@@H](O)C[C@@]2(C)[C@@H]1CCC2(O)C(=O)C=O. The van der Waals surface area contributed by atoms with Crippen LogP contribution in [0.1, 0.15) is 33.1 Å². The third kappa shape index (κ3) is 2.22. The van der Waals surface area contributed by atoms with Crippen molar-refractivity contribution in [3.63, 3.8) is 0 Å². The van der Waals surface area contributed by atoms with Gasteiger partial charge in [-0.05, 0) is 48.8 Å². The summed E-state index contributed by atoms with van der Waals surface area (Å²) in [6.45, 7) is 3.76. The molecule has 0 aromatic carbocycles. The topological polar surface area (TPSA) is 91.7 Å². The second kappa shape index (κ2) is 5.72.